The highest BCUT2D eigenvalue weighted by atomic mass is 32.1. The normalized spacial score (nSPS) is 10.9. The molecule has 0 aliphatic heterocycles. The van der Waals surface area contributed by atoms with E-state index in [4.69, 9.17) is 4.74 Å². The quantitative estimate of drug-likeness (QED) is 0.566. The first-order chi connectivity index (χ1) is 12.2. The number of methoxy groups -OCH3 is 1. The van der Waals surface area contributed by atoms with Gasteiger partial charge in [0.25, 0.3) is 5.56 Å². The maximum absolute atomic E-state index is 12.5. The molecule has 0 saturated carbocycles. The van der Waals surface area contributed by atoms with E-state index in [-0.39, 0.29) is 12.1 Å². The fourth-order valence-electron chi connectivity index (χ4n) is 2.55. The summed E-state index contributed by atoms with van der Waals surface area (Å²) in [6.45, 7) is 0.289. The minimum atomic E-state index is -0.165. The predicted octanol–water partition coefficient (Wildman–Crippen LogP) is 2.97. The van der Waals surface area contributed by atoms with Crippen molar-refractivity contribution < 1.29 is 4.74 Å². The summed E-state index contributed by atoms with van der Waals surface area (Å²) < 4.78 is 6.59. The van der Waals surface area contributed by atoms with Gasteiger partial charge >= 0.3 is 0 Å². The van der Waals surface area contributed by atoms with E-state index in [9.17, 15) is 4.79 Å². The van der Waals surface area contributed by atoms with Crippen LogP contribution in [0.3, 0.4) is 0 Å². The Morgan fingerprint density at radius 2 is 2.04 bits per heavy atom. The number of hydrogen-bond acceptors (Lipinski definition) is 6. The molecule has 2 aromatic heterocycles. The molecule has 124 valence electrons. The maximum Gasteiger partial charge on any atom is 0.277 e. The van der Waals surface area contributed by atoms with Crippen molar-refractivity contribution in [2.75, 3.05) is 7.11 Å². The van der Waals surface area contributed by atoms with Crippen molar-refractivity contribution in [3.05, 3.63) is 70.0 Å². The van der Waals surface area contributed by atoms with E-state index < -0.39 is 0 Å². The van der Waals surface area contributed by atoms with Crippen LogP contribution in [0.5, 0.6) is 5.75 Å². The van der Waals surface area contributed by atoms with Crippen molar-refractivity contribution in [1.82, 2.24) is 20.0 Å². The SMILES string of the molecule is COc1cccc(-c2nc(Cn3nnc4ccccc4c3=O)cs2)c1. The number of ether oxygens (including phenoxy) is 1. The smallest absolute Gasteiger partial charge is 0.277 e. The van der Waals surface area contributed by atoms with Gasteiger partial charge < -0.3 is 4.74 Å². The van der Waals surface area contributed by atoms with E-state index in [0.29, 0.717) is 10.9 Å². The van der Waals surface area contributed by atoms with Gasteiger partial charge in [-0.25, -0.2) is 9.67 Å². The first-order valence-electron chi connectivity index (χ1n) is 7.66. The van der Waals surface area contributed by atoms with Crippen LogP contribution in [0.25, 0.3) is 21.5 Å². The van der Waals surface area contributed by atoms with Crippen molar-refractivity contribution in [2.24, 2.45) is 0 Å². The lowest BCUT2D eigenvalue weighted by Crippen LogP contribution is -2.24. The van der Waals surface area contributed by atoms with Gasteiger partial charge in [0.1, 0.15) is 16.3 Å². The summed E-state index contributed by atoms with van der Waals surface area (Å²) in [5.41, 5.74) is 2.18. The summed E-state index contributed by atoms with van der Waals surface area (Å²) in [7, 11) is 1.64. The van der Waals surface area contributed by atoms with Crippen molar-refractivity contribution in [3.8, 4) is 16.3 Å². The third kappa shape index (κ3) is 3.01. The number of fused-ring (bicyclic) bond motifs is 1. The van der Waals surface area contributed by atoms with Crippen LogP contribution in [-0.2, 0) is 6.54 Å². The Kier molecular flexibility index (Phi) is 3.99. The largest absolute Gasteiger partial charge is 0.497 e. The van der Waals surface area contributed by atoms with Gasteiger partial charge in [0.05, 0.1) is 24.7 Å². The predicted molar refractivity (Wildman–Crippen MR) is 97.0 cm³/mol. The van der Waals surface area contributed by atoms with Crippen LogP contribution in [0.15, 0.2) is 58.7 Å². The third-order valence-corrected chi connectivity index (χ3v) is 4.75. The molecule has 0 bridgehead atoms. The number of aromatic nitrogens is 4. The zero-order chi connectivity index (χ0) is 17.2. The lowest BCUT2D eigenvalue weighted by Gasteiger charge is -2.03. The first-order valence-corrected chi connectivity index (χ1v) is 8.54. The molecule has 7 heteroatoms. The molecule has 0 fully saturated rings. The van der Waals surface area contributed by atoms with E-state index in [1.165, 1.54) is 16.0 Å². The van der Waals surface area contributed by atoms with E-state index in [2.05, 4.69) is 15.3 Å². The molecule has 2 heterocycles. The second-order valence-electron chi connectivity index (χ2n) is 5.45. The Labute approximate surface area is 147 Å². The minimum Gasteiger partial charge on any atom is -0.497 e. The molecule has 0 aliphatic carbocycles. The topological polar surface area (TPSA) is 69.9 Å². The van der Waals surface area contributed by atoms with Crippen LogP contribution in [0.1, 0.15) is 5.69 Å². The monoisotopic (exact) mass is 350 g/mol. The van der Waals surface area contributed by atoms with Gasteiger partial charge in [-0.1, -0.05) is 29.5 Å². The standard InChI is InChI=1S/C18H14N4O2S/c1-24-14-6-4-5-12(9-14)17-19-13(11-25-17)10-22-18(23)15-7-2-3-8-16(15)20-21-22/h2-9,11H,10H2,1H3. The summed E-state index contributed by atoms with van der Waals surface area (Å²) in [5.74, 6) is 0.783. The molecule has 0 atom stereocenters. The van der Waals surface area contributed by atoms with Crippen molar-refractivity contribution in [1.29, 1.82) is 0 Å². The molecule has 4 aromatic rings. The molecule has 0 radical (unpaired) electrons. The van der Waals surface area contributed by atoms with Crippen LogP contribution in [0, 0.1) is 0 Å². The van der Waals surface area contributed by atoms with E-state index in [0.717, 1.165) is 22.0 Å². The summed E-state index contributed by atoms with van der Waals surface area (Å²) in [6.07, 6.45) is 0. The average Bonchev–Trinajstić information content (AvgIpc) is 3.13. The van der Waals surface area contributed by atoms with Gasteiger partial charge in [-0.2, -0.15) is 0 Å². The average molecular weight is 350 g/mol. The Morgan fingerprint density at radius 1 is 1.16 bits per heavy atom. The molecule has 6 nitrogen and oxygen atoms in total. The summed E-state index contributed by atoms with van der Waals surface area (Å²) in [6, 6.07) is 14.9. The van der Waals surface area contributed by atoms with E-state index in [1.54, 1.807) is 19.2 Å². The Balaban J connectivity index is 1.65. The molecular weight excluding hydrogens is 336 g/mol. The second kappa shape index (κ2) is 6.45. The van der Waals surface area contributed by atoms with Gasteiger partial charge in [-0.15, -0.1) is 16.4 Å². The highest BCUT2D eigenvalue weighted by molar-refractivity contribution is 7.13. The third-order valence-electron chi connectivity index (χ3n) is 3.81. The zero-order valence-electron chi connectivity index (χ0n) is 13.4. The van der Waals surface area contributed by atoms with E-state index in [1.807, 2.05) is 41.8 Å². The number of rotatable bonds is 4. The number of hydrogen-bond donors (Lipinski definition) is 0. The van der Waals surface area contributed by atoms with Crippen LogP contribution in [0.4, 0.5) is 0 Å². The molecule has 0 N–H and O–H groups in total. The lowest BCUT2D eigenvalue weighted by molar-refractivity contribution is 0.415. The van der Waals surface area contributed by atoms with Crippen molar-refractivity contribution >= 4 is 22.2 Å². The number of thiazole rings is 1. The minimum absolute atomic E-state index is 0.165. The Hall–Kier alpha value is -3.06. The maximum atomic E-state index is 12.5. The van der Waals surface area contributed by atoms with Crippen molar-refractivity contribution in [2.45, 2.75) is 6.54 Å². The molecule has 0 spiro atoms. The van der Waals surface area contributed by atoms with Gasteiger partial charge in [0.15, 0.2) is 0 Å². The fraction of sp³-hybridized carbons (Fsp3) is 0.111. The van der Waals surface area contributed by atoms with Crippen LogP contribution in [-0.4, -0.2) is 27.1 Å². The van der Waals surface area contributed by atoms with Gasteiger partial charge in [0, 0.05) is 10.9 Å². The molecule has 25 heavy (non-hydrogen) atoms. The van der Waals surface area contributed by atoms with E-state index >= 15 is 0 Å². The zero-order valence-corrected chi connectivity index (χ0v) is 14.2. The number of nitrogens with zero attached hydrogens (tertiary/aromatic N) is 4. The molecule has 0 aliphatic rings. The molecule has 0 saturated heterocycles. The van der Waals surface area contributed by atoms with Crippen LogP contribution < -0.4 is 10.3 Å². The molecule has 4 rings (SSSR count). The molecule has 0 unspecified atom stereocenters. The summed E-state index contributed by atoms with van der Waals surface area (Å²) in [4.78, 5) is 17.1. The summed E-state index contributed by atoms with van der Waals surface area (Å²) in [5, 5.41) is 11.5. The van der Waals surface area contributed by atoms with Crippen LogP contribution >= 0.6 is 11.3 Å². The van der Waals surface area contributed by atoms with Crippen molar-refractivity contribution in [3.63, 3.8) is 0 Å². The Bertz CT molecular complexity index is 1100. The highest BCUT2D eigenvalue weighted by Gasteiger charge is 2.10. The second-order valence-corrected chi connectivity index (χ2v) is 6.30. The van der Waals surface area contributed by atoms with Gasteiger partial charge in [0.2, 0.25) is 0 Å². The first kappa shape index (κ1) is 15.5. The Morgan fingerprint density at radius 3 is 2.92 bits per heavy atom. The molecular formula is C18H14N4O2S. The molecule has 0 amide bonds. The van der Waals surface area contributed by atoms with Crippen LogP contribution in [0.2, 0.25) is 0 Å². The fourth-order valence-corrected chi connectivity index (χ4v) is 3.36. The number of benzene rings is 2. The van der Waals surface area contributed by atoms with Gasteiger partial charge in [-0.05, 0) is 24.3 Å². The summed E-state index contributed by atoms with van der Waals surface area (Å²) >= 11 is 1.52. The lowest BCUT2D eigenvalue weighted by atomic mass is 10.2. The molecule has 2 aromatic carbocycles. The van der Waals surface area contributed by atoms with Gasteiger partial charge in [-0.3, -0.25) is 4.79 Å². The highest BCUT2D eigenvalue weighted by Crippen LogP contribution is 2.26.